The Labute approximate surface area is 216 Å². The number of fused-ring (bicyclic) bond motifs is 1. The number of rotatable bonds is 7. The number of carbonyl (C=O) groups is 2. The van der Waals surface area contributed by atoms with Crippen molar-refractivity contribution in [1.29, 1.82) is 0 Å². The molecule has 1 unspecified atom stereocenters. The number of hydrogen-bond acceptors (Lipinski definition) is 4. The molecular formula is C31H29N3O3. The van der Waals surface area contributed by atoms with Crippen molar-refractivity contribution in [3.05, 3.63) is 119 Å². The van der Waals surface area contributed by atoms with Crippen molar-refractivity contribution in [3.8, 4) is 5.75 Å². The van der Waals surface area contributed by atoms with Crippen molar-refractivity contribution in [3.63, 3.8) is 0 Å². The van der Waals surface area contributed by atoms with Crippen LogP contribution in [0.1, 0.15) is 50.5 Å². The second-order valence-corrected chi connectivity index (χ2v) is 9.07. The average molecular weight is 492 g/mol. The van der Waals surface area contributed by atoms with Crippen LogP contribution in [0.4, 0.5) is 17.1 Å². The van der Waals surface area contributed by atoms with Crippen molar-refractivity contribution in [2.24, 2.45) is 0 Å². The SMILES string of the molecule is CCOc1ccc(N2C(=O)c3ccccc3C2Nc2cccc(C(=O)Nc3ccc(C)c(C)c3)c2)cc1. The molecule has 1 aliphatic rings. The van der Waals surface area contributed by atoms with Gasteiger partial charge in [-0.3, -0.25) is 14.5 Å². The van der Waals surface area contributed by atoms with Crippen LogP contribution in [-0.2, 0) is 0 Å². The number of nitrogens with one attached hydrogen (secondary N) is 2. The molecule has 0 spiro atoms. The van der Waals surface area contributed by atoms with Gasteiger partial charge in [0.2, 0.25) is 0 Å². The number of benzene rings is 4. The lowest BCUT2D eigenvalue weighted by Crippen LogP contribution is -2.32. The lowest BCUT2D eigenvalue weighted by atomic mass is 10.1. The summed E-state index contributed by atoms with van der Waals surface area (Å²) in [7, 11) is 0. The van der Waals surface area contributed by atoms with Crippen molar-refractivity contribution >= 4 is 28.9 Å². The normalized spacial score (nSPS) is 14.3. The number of carbonyl (C=O) groups excluding carboxylic acids is 2. The Kier molecular flexibility index (Phi) is 6.64. The number of ether oxygens (including phenoxy) is 1. The Hall–Kier alpha value is -4.58. The van der Waals surface area contributed by atoms with Gasteiger partial charge < -0.3 is 15.4 Å². The average Bonchev–Trinajstić information content (AvgIpc) is 3.18. The summed E-state index contributed by atoms with van der Waals surface area (Å²) >= 11 is 0. The standard InChI is InChI=1S/C31H29N3O3/c1-4-37-26-16-14-25(15-17-26)34-29(27-10-5-6-11-28(27)31(34)36)32-23-9-7-8-22(19-23)30(35)33-24-13-12-20(2)21(3)18-24/h5-19,29,32H,4H2,1-3H3,(H,33,35). The molecule has 1 aliphatic heterocycles. The van der Waals surface area contributed by atoms with Gasteiger partial charge in [0.15, 0.2) is 0 Å². The second kappa shape index (κ2) is 10.2. The molecule has 0 aromatic heterocycles. The predicted octanol–water partition coefficient (Wildman–Crippen LogP) is 6.73. The maximum Gasteiger partial charge on any atom is 0.260 e. The van der Waals surface area contributed by atoms with E-state index >= 15 is 0 Å². The van der Waals surface area contributed by atoms with Gasteiger partial charge in [0, 0.05) is 33.8 Å². The molecule has 1 atom stereocenters. The molecule has 4 aromatic rings. The van der Waals surface area contributed by atoms with E-state index in [0.717, 1.165) is 33.9 Å². The Balaban J connectivity index is 1.42. The highest BCUT2D eigenvalue weighted by atomic mass is 16.5. The highest BCUT2D eigenvalue weighted by Gasteiger charge is 2.37. The Morgan fingerprint density at radius 3 is 2.41 bits per heavy atom. The summed E-state index contributed by atoms with van der Waals surface area (Å²) in [5, 5.41) is 6.46. The van der Waals surface area contributed by atoms with E-state index in [1.165, 1.54) is 5.56 Å². The van der Waals surface area contributed by atoms with Crippen LogP contribution in [0.15, 0.2) is 91.0 Å². The molecule has 0 radical (unpaired) electrons. The molecule has 0 fully saturated rings. The van der Waals surface area contributed by atoms with Gasteiger partial charge >= 0.3 is 0 Å². The molecule has 5 rings (SSSR count). The first-order chi connectivity index (χ1) is 17.9. The van der Waals surface area contributed by atoms with Gasteiger partial charge in [-0.25, -0.2) is 0 Å². The zero-order valence-electron chi connectivity index (χ0n) is 21.1. The highest BCUT2D eigenvalue weighted by Crippen LogP contribution is 2.38. The lowest BCUT2D eigenvalue weighted by molar-refractivity contribution is 0.0990. The molecule has 2 amide bonds. The first-order valence-corrected chi connectivity index (χ1v) is 12.3. The van der Waals surface area contributed by atoms with E-state index in [-0.39, 0.29) is 11.8 Å². The van der Waals surface area contributed by atoms with E-state index < -0.39 is 6.17 Å². The first-order valence-electron chi connectivity index (χ1n) is 12.3. The Morgan fingerprint density at radius 1 is 0.865 bits per heavy atom. The van der Waals surface area contributed by atoms with E-state index in [1.807, 2.05) is 99.6 Å². The van der Waals surface area contributed by atoms with Crippen LogP contribution in [-0.4, -0.2) is 18.4 Å². The van der Waals surface area contributed by atoms with Crippen LogP contribution in [0.2, 0.25) is 0 Å². The zero-order valence-corrected chi connectivity index (χ0v) is 21.1. The number of nitrogens with zero attached hydrogens (tertiary/aromatic N) is 1. The summed E-state index contributed by atoms with van der Waals surface area (Å²) in [6, 6.07) is 28.3. The van der Waals surface area contributed by atoms with Crippen LogP contribution in [0, 0.1) is 13.8 Å². The van der Waals surface area contributed by atoms with E-state index in [0.29, 0.717) is 17.7 Å². The molecular weight excluding hydrogens is 462 g/mol. The summed E-state index contributed by atoms with van der Waals surface area (Å²) in [4.78, 5) is 28.2. The van der Waals surface area contributed by atoms with Gasteiger partial charge in [-0.05, 0) is 92.6 Å². The molecule has 6 heteroatoms. The number of aryl methyl sites for hydroxylation is 2. The minimum absolute atomic E-state index is 0.0825. The van der Waals surface area contributed by atoms with Crippen molar-refractivity contribution < 1.29 is 14.3 Å². The largest absolute Gasteiger partial charge is 0.494 e. The smallest absolute Gasteiger partial charge is 0.260 e. The number of anilines is 3. The van der Waals surface area contributed by atoms with Crippen LogP contribution < -0.4 is 20.3 Å². The van der Waals surface area contributed by atoms with Crippen molar-refractivity contribution in [2.75, 3.05) is 22.1 Å². The summed E-state index contributed by atoms with van der Waals surface area (Å²) < 4.78 is 5.57. The van der Waals surface area contributed by atoms with Crippen LogP contribution in [0.5, 0.6) is 5.75 Å². The Bertz CT molecular complexity index is 1460. The van der Waals surface area contributed by atoms with Crippen molar-refractivity contribution in [2.45, 2.75) is 26.9 Å². The zero-order chi connectivity index (χ0) is 25.9. The molecule has 2 N–H and O–H groups in total. The third-order valence-electron chi connectivity index (χ3n) is 6.58. The lowest BCUT2D eigenvalue weighted by Gasteiger charge is -2.27. The highest BCUT2D eigenvalue weighted by molar-refractivity contribution is 6.11. The topological polar surface area (TPSA) is 70.7 Å². The minimum Gasteiger partial charge on any atom is -0.494 e. The molecule has 4 aromatic carbocycles. The fourth-order valence-corrected chi connectivity index (χ4v) is 4.53. The summed E-state index contributed by atoms with van der Waals surface area (Å²) in [6.07, 6.45) is -0.431. The molecule has 0 aliphatic carbocycles. The van der Waals surface area contributed by atoms with Crippen molar-refractivity contribution in [1.82, 2.24) is 0 Å². The summed E-state index contributed by atoms with van der Waals surface area (Å²) in [5.41, 5.74) is 6.59. The number of amides is 2. The number of hydrogen-bond donors (Lipinski definition) is 2. The molecule has 0 saturated heterocycles. The second-order valence-electron chi connectivity index (χ2n) is 9.07. The third-order valence-corrected chi connectivity index (χ3v) is 6.58. The molecule has 1 heterocycles. The quantitative estimate of drug-likeness (QED) is 0.301. The molecule has 0 bridgehead atoms. The van der Waals surface area contributed by atoms with E-state index in [2.05, 4.69) is 10.6 Å². The van der Waals surface area contributed by atoms with Gasteiger partial charge in [0.25, 0.3) is 11.8 Å². The molecule has 6 nitrogen and oxygen atoms in total. The Morgan fingerprint density at radius 2 is 1.65 bits per heavy atom. The van der Waals surface area contributed by atoms with Gasteiger partial charge in [-0.2, -0.15) is 0 Å². The van der Waals surface area contributed by atoms with E-state index in [4.69, 9.17) is 4.74 Å². The summed E-state index contributed by atoms with van der Waals surface area (Å²) in [6.45, 7) is 6.57. The minimum atomic E-state index is -0.431. The van der Waals surface area contributed by atoms with E-state index in [1.54, 1.807) is 17.0 Å². The van der Waals surface area contributed by atoms with Gasteiger partial charge in [-0.1, -0.05) is 30.3 Å². The predicted molar refractivity (Wildman–Crippen MR) is 148 cm³/mol. The first kappa shape index (κ1) is 24.1. The van der Waals surface area contributed by atoms with Gasteiger partial charge in [0.05, 0.1) is 6.61 Å². The van der Waals surface area contributed by atoms with E-state index in [9.17, 15) is 9.59 Å². The maximum atomic E-state index is 13.4. The fraction of sp³-hybridized carbons (Fsp3) is 0.161. The third kappa shape index (κ3) is 4.91. The van der Waals surface area contributed by atoms with Gasteiger partial charge in [0.1, 0.15) is 11.9 Å². The van der Waals surface area contributed by atoms with Gasteiger partial charge in [-0.15, -0.1) is 0 Å². The summed E-state index contributed by atoms with van der Waals surface area (Å²) in [5.74, 6) is 0.474. The van der Waals surface area contributed by atoms with Crippen LogP contribution in [0.25, 0.3) is 0 Å². The van der Waals surface area contributed by atoms with Crippen LogP contribution in [0.3, 0.4) is 0 Å². The molecule has 0 saturated carbocycles. The van der Waals surface area contributed by atoms with Crippen LogP contribution >= 0.6 is 0 Å². The monoisotopic (exact) mass is 491 g/mol. The molecule has 186 valence electrons. The molecule has 37 heavy (non-hydrogen) atoms. The maximum absolute atomic E-state index is 13.4. The fourth-order valence-electron chi connectivity index (χ4n) is 4.53.